The number of carbonyl (C=O) groups excluding carboxylic acids is 1. The largest absolute Gasteiger partial charge is 0.376 e. The first-order valence-electron chi connectivity index (χ1n) is 11.1. The van der Waals surface area contributed by atoms with Crippen LogP contribution in [-0.2, 0) is 19.0 Å². The monoisotopic (exact) mass is 538 g/mol. The number of hydrogen-bond donors (Lipinski definition) is 2. The van der Waals surface area contributed by atoms with Gasteiger partial charge < -0.3 is 29.7 Å². The molecule has 0 bridgehead atoms. The second kappa shape index (κ2) is 12.4. The molecular weight excluding hydrogens is 499 g/mol. The number of hydrogen-bond acceptors (Lipinski definition) is 5. The highest BCUT2D eigenvalue weighted by molar-refractivity contribution is 14.0. The number of guanidine groups is 1. The van der Waals surface area contributed by atoms with Crippen molar-refractivity contribution in [2.45, 2.75) is 69.9 Å². The van der Waals surface area contributed by atoms with E-state index in [1.807, 2.05) is 0 Å². The van der Waals surface area contributed by atoms with Crippen LogP contribution in [-0.4, -0.2) is 81.7 Å². The lowest BCUT2D eigenvalue weighted by atomic mass is 9.86. The predicted molar refractivity (Wildman–Crippen MR) is 127 cm³/mol. The smallest absolute Gasteiger partial charge is 0.243 e. The van der Waals surface area contributed by atoms with Crippen molar-refractivity contribution in [3.8, 4) is 0 Å². The third-order valence-electron chi connectivity index (χ3n) is 6.09. The van der Waals surface area contributed by atoms with Gasteiger partial charge in [0, 0.05) is 46.6 Å². The molecule has 3 rings (SSSR count). The molecule has 1 amide bonds. The Balaban J connectivity index is 0.00000320. The van der Waals surface area contributed by atoms with E-state index in [0.717, 1.165) is 51.0 Å². The zero-order valence-electron chi connectivity index (χ0n) is 18.7. The van der Waals surface area contributed by atoms with Gasteiger partial charge in [-0.1, -0.05) is 6.92 Å². The van der Waals surface area contributed by atoms with E-state index in [9.17, 15) is 4.79 Å². The van der Waals surface area contributed by atoms with E-state index in [-0.39, 0.29) is 54.4 Å². The molecule has 1 aliphatic carbocycles. The summed E-state index contributed by atoms with van der Waals surface area (Å²) in [5, 5.41) is 6.67. The molecule has 9 heteroatoms. The fourth-order valence-electron chi connectivity index (χ4n) is 4.03. The number of likely N-dealkylation sites (N-methyl/N-ethyl adjacent to an activating group) is 1. The Bertz CT molecular complexity index is 561. The average molecular weight is 538 g/mol. The van der Waals surface area contributed by atoms with Gasteiger partial charge in [0.05, 0.1) is 12.7 Å². The Hall–Kier alpha value is -0.650. The molecule has 2 aliphatic heterocycles. The summed E-state index contributed by atoms with van der Waals surface area (Å²) >= 11 is 0. The van der Waals surface area contributed by atoms with Gasteiger partial charge in [-0.3, -0.25) is 4.79 Å². The molecular formula is C21H39IN4O4. The van der Waals surface area contributed by atoms with Crippen molar-refractivity contribution in [2.75, 3.05) is 46.9 Å². The molecule has 2 saturated heterocycles. The number of ether oxygens (including phenoxy) is 3. The Morgan fingerprint density at radius 1 is 1.10 bits per heavy atom. The van der Waals surface area contributed by atoms with E-state index in [1.54, 1.807) is 19.0 Å². The quantitative estimate of drug-likeness (QED) is 0.306. The average Bonchev–Trinajstić information content (AvgIpc) is 3.13. The molecule has 2 heterocycles. The molecule has 0 aromatic rings. The molecule has 2 atom stereocenters. The fourth-order valence-corrected chi connectivity index (χ4v) is 4.03. The fraction of sp³-hybridized carbons (Fsp3) is 0.905. The maximum absolute atomic E-state index is 11.9. The van der Waals surface area contributed by atoms with Crippen LogP contribution < -0.4 is 10.6 Å². The van der Waals surface area contributed by atoms with E-state index in [4.69, 9.17) is 14.2 Å². The summed E-state index contributed by atoms with van der Waals surface area (Å²) < 4.78 is 18.1. The van der Waals surface area contributed by atoms with E-state index in [0.29, 0.717) is 25.7 Å². The number of aliphatic imine (C=N–C) groups is 1. The molecule has 2 unspecified atom stereocenters. The van der Waals surface area contributed by atoms with Gasteiger partial charge in [0.25, 0.3) is 0 Å². The zero-order chi connectivity index (χ0) is 20.7. The van der Waals surface area contributed by atoms with E-state index >= 15 is 0 Å². The van der Waals surface area contributed by atoms with Gasteiger partial charge >= 0.3 is 0 Å². The van der Waals surface area contributed by atoms with E-state index in [1.165, 1.54) is 6.42 Å². The number of halogens is 1. The number of rotatable bonds is 6. The lowest BCUT2D eigenvalue weighted by molar-refractivity contribution is -0.191. The van der Waals surface area contributed by atoms with Crippen LogP contribution in [0.15, 0.2) is 4.99 Å². The summed E-state index contributed by atoms with van der Waals surface area (Å²) in [4.78, 5) is 17.9. The minimum absolute atomic E-state index is 0. The lowest BCUT2D eigenvalue weighted by Gasteiger charge is -2.34. The van der Waals surface area contributed by atoms with Crippen LogP contribution in [0.25, 0.3) is 0 Å². The Labute approximate surface area is 197 Å². The first-order chi connectivity index (χ1) is 14.0. The highest BCUT2D eigenvalue weighted by Crippen LogP contribution is 2.39. The van der Waals surface area contributed by atoms with Crippen LogP contribution in [0.5, 0.6) is 0 Å². The number of nitrogens with one attached hydrogen (secondary N) is 2. The first-order valence-corrected chi connectivity index (χ1v) is 11.1. The highest BCUT2D eigenvalue weighted by atomic mass is 127. The molecule has 0 aromatic carbocycles. The van der Waals surface area contributed by atoms with Crippen molar-refractivity contribution in [1.29, 1.82) is 0 Å². The van der Waals surface area contributed by atoms with Crippen LogP contribution in [0, 0.1) is 5.92 Å². The molecule has 0 radical (unpaired) electrons. The molecule has 8 nitrogen and oxygen atoms in total. The Morgan fingerprint density at radius 3 is 2.43 bits per heavy atom. The minimum Gasteiger partial charge on any atom is -0.376 e. The molecule has 2 N–H and O–H groups in total. The second-order valence-corrected chi connectivity index (χ2v) is 8.85. The first kappa shape index (κ1) is 25.6. The third kappa shape index (κ3) is 7.80. The summed E-state index contributed by atoms with van der Waals surface area (Å²) in [5.74, 6) is 0.955. The van der Waals surface area contributed by atoms with Crippen molar-refractivity contribution in [2.24, 2.45) is 10.9 Å². The maximum Gasteiger partial charge on any atom is 0.243 e. The van der Waals surface area contributed by atoms with Crippen molar-refractivity contribution < 1.29 is 19.0 Å². The van der Waals surface area contributed by atoms with Crippen LogP contribution in [0.2, 0.25) is 0 Å². The maximum atomic E-state index is 11.9. The highest BCUT2D eigenvalue weighted by Gasteiger charge is 2.43. The topological polar surface area (TPSA) is 84.4 Å². The van der Waals surface area contributed by atoms with Crippen molar-refractivity contribution >= 4 is 35.8 Å². The molecule has 3 fully saturated rings. The third-order valence-corrected chi connectivity index (χ3v) is 6.09. The number of nitrogens with zero attached hydrogens (tertiary/aromatic N) is 2. The number of amides is 1. The summed E-state index contributed by atoms with van der Waals surface area (Å²) in [5.41, 5.74) is 0. The van der Waals surface area contributed by atoms with Crippen molar-refractivity contribution in [3.63, 3.8) is 0 Å². The molecule has 0 aromatic heterocycles. The molecule has 30 heavy (non-hydrogen) atoms. The van der Waals surface area contributed by atoms with E-state index in [2.05, 4.69) is 22.5 Å². The summed E-state index contributed by atoms with van der Waals surface area (Å²) in [7, 11) is 3.48. The second-order valence-electron chi connectivity index (χ2n) is 8.85. The summed E-state index contributed by atoms with van der Waals surface area (Å²) in [6.45, 7) is 5.10. The number of carbonyl (C=O) groups is 1. The Kier molecular flexibility index (Phi) is 10.6. The van der Waals surface area contributed by atoms with E-state index < -0.39 is 0 Å². The summed E-state index contributed by atoms with van der Waals surface area (Å²) in [6, 6.07) is 0. The molecule has 174 valence electrons. The van der Waals surface area contributed by atoms with Gasteiger partial charge in [-0.25, -0.2) is 4.99 Å². The van der Waals surface area contributed by atoms with Gasteiger partial charge in [0.15, 0.2) is 11.7 Å². The van der Waals surface area contributed by atoms with Gasteiger partial charge in [0.2, 0.25) is 5.91 Å². The SMILES string of the molecule is CC1CCC2(CC1)OCC(CNC(=NCC(=O)N(C)C)NCC1CCCCO1)O2.I. The van der Waals surface area contributed by atoms with Gasteiger partial charge in [-0.15, -0.1) is 24.0 Å². The van der Waals surface area contributed by atoms with Gasteiger partial charge in [-0.2, -0.15) is 0 Å². The zero-order valence-corrected chi connectivity index (χ0v) is 21.0. The van der Waals surface area contributed by atoms with Crippen molar-refractivity contribution in [1.82, 2.24) is 15.5 Å². The predicted octanol–water partition coefficient (Wildman–Crippen LogP) is 2.12. The normalized spacial score (nSPS) is 31.8. The Morgan fingerprint density at radius 2 is 1.80 bits per heavy atom. The van der Waals surface area contributed by atoms with Crippen LogP contribution >= 0.6 is 24.0 Å². The van der Waals surface area contributed by atoms with Gasteiger partial charge in [-0.05, 0) is 38.0 Å². The van der Waals surface area contributed by atoms with Crippen LogP contribution in [0.1, 0.15) is 51.9 Å². The minimum atomic E-state index is -0.388. The van der Waals surface area contributed by atoms with Crippen LogP contribution in [0.3, 0.4) is 0 Å². The molecule has 1 saturated carbocycles. The molecule has 1 spiro atoms. The molecule has 3 aliphatic rings. The van der Waals surface area contributed by atoms with Crippen LogP contribution in [0.4, 0.5) is 0 Å². The van der Waals surface area contributed by atoms with Crippen molar-refractivity contribution in [3.05, 3.63) is 0 Å². The standard InChI is InChI=1S/C21H38N4O4.HI/c1-16-7-9-21(10-8-16)28-15-18(29-21)13-23-20(24-14-19(26)25(2)3)22-12-17-6-4-5-11-27-17;/h16-18H,4-15H2,1-3H3,(H2,22,23,24);1H. The summed E-state index contributed by atoms with van der Waals surface area (Å²) in [6.07, 6.45) is 7.82. The lowest BCUT2D eigenvalue weighted by Crippen LogP contribution is -2.46. The van der Waals surface area contributed by atoms with Gasteiger partial charge in [0.1, 0.15) is 12.6 Å².